The van der Waals surface area contributed by atoms with E-state index in [0.717, 1.165) is 22.2 Å². The zero-order chi connectivity index (χ0) is 14.3. The molecule has 0 saturated heterocycles. The fraction of sp³-hybridized carbons (Fsp3) is 0.143. The highest BCUT2D eigenvalue weighted by Gasteiger charge is 2.10. The number of aromatic amines is 1. The molecule has 3 nitrogen and oxygen atoms in total. The van der Waals surface area contributed by atoms with E-state index in [0.29, 0.717) is 14.9 Å². The van der Waals surface area contributed by atoms with Crippen molar-refractivity contribution in [2.75, 3.05) is 0 Å². The number of aryl methyl sites for hydroxylation is 1. The van der Waals surface area contributed by atoms with Crippen molar-refractivity contribution in [1.29, 1.82) is 0 Å². The molecule has 3 rings (SSSR count). The first-order valence-electron chi connectivity index (χ1n) is 6.03. The van der Waals surface area contributed by atoms with Crippen molar-refractivity contribution in [2.45, 2.75) is 13.5 Å². The maximum absolute atomic E-state index is 13.8. The van der Waals surface area contributed by atoms with Gasteiger partial charge in [-0.15, -0.1) is 0 Å². The van der Waals surface area contributed by atoms with Crippen LogP contribution in [0.15, 0.2) is 30.6 Å². The van der Waals surface area contributed by atoms with Crippen molar-refractivity contribution in [2.24, 2.45) is 0 Å². The number of aromatic nitrogens is 3. The molecule has 0 spiro atoms. The summed E-state index contributed by atoms with van der Waals surface area (Å²) in [6.07, 6.45) is 3.58. The minimum atomic E-state index is -0.233. The van der Waals surface area contributed by atoms with E-state index < -0.39 is 0 Å². The average molecular weight is 399 g/mol. The topological polar surface area (TPSA) is 33.6 Å². The van der Waals surface area contributed by atoms with Crippen LogP contribution in [0.4, 0.5) is 4.39 Å². The Morgan fingerprint density at radius 3 is 3.00 bits per heavy atom. The summed E-state index contributed by atoms with van der Waals surface area (Å²) in [5, 5.41) is 0. The Balaban J connectivity index is 2.17. The third kappa shape index (κ3) is 2.37. The van der Waals surface area contributed by atoms with Crippen LogP contribution in [0.5, 0.6) is 0 Å². The van der Waals surface area contributed by atoms with Crippen LogP contribution in [-0.4, -0.2) is 14.5 Å². The van der Waals surface area contributed by atoms with Gasteiger partial charge < -0.3 is 9.55 Å². The van der Waals surface area contributed by atoms with Crippen molar-refractivity contribution < 1.29 is 4.39 Å². The normalized spacial score (nSPS) is 11.2. The smallest absolute Gasteiger partial charge is 0.178 e. The molecule has 6 heteroatoms. The van der Waals surface area contributed by atoms with Gasteiger partial charge in [0.25, 0.3) is 0 Å². The van der Waals surface area contributed by atoms with E-state index in [9.17, 15) is 4.39 Å². The number of nitrogens with one attached hydrogen (secondary N) is 1. The van der Waals surface area contributed by atoms with Crippen LogP contribution in [0.1, 0.15) is 11.1 Å². The first kappa shape index (κ1) is 13.7. The summed E-state index contributed by atoms with van der Waals surface area (Å²) in [5.41, 5.74) is 3.84. The second kappa shape index (κ2) is 5.25. The third-order valence-electron chi connectivity index (χ3n) is 3.29. The number of rotatable bonds is 2. The van der Waals surface area contributed by atoms with Gasteiger partial charge in [-0.1, -0.05) is 0 Å². The number of H-pyrrole nitrogens is 1. The number of halogens is 2. The zero-order valence-corrected chi connectivity index (χ0v) is 13.6. The van der Waals surface area contributed by atoms with E-state index >= 15 is 0 Å². The summed E-state index contributed by atoms with van der Waals surface area (Å²) >= 11 is 7.32. The molecular weight excluding hydrogens is 388 g/mol. The molecule has 20 heavy (non-hydrogen) atoms. The second-order valence-corrected chi connectivity index (χ2v) is 6.15. The molecule has 2 aromatic heterocycles. The van der Waals surface area contributed by atoms with Crippen LogP contribution in [-0.2, 0) is 6.54 Å². The Hall–Kier alpha value is -1.28. The Morgan fingerprint density at radius 2 is 2.25 bits per heavy atom. The summed E-state index contributed by atoms with van der Waals surface area (Å²) in [6.45, 7) is 2.61. The maximum atomic E-state index is 13.8. The fourth-order valence-electron chi connectivity index (χ4n) is 2.14. The lowest BCUT2D eigenvalue weighted by Gasteiger charge is -2.07. The van der Waals surface area contributed by atoms with Crippen LogP contribution in [0.3, 0.4) is 0 Å². The van der Waals surface area contributed by atoms with Gasteiger partial charge in [0.2, 0.25) is 0 Å². The molecule has 0 unspecified atom stereocenters. The Morgan fingerprint density at radius 1 is 1.45 bits per heavy atom. The molecule has 0 bridgehead atoms. The Kier molecular flexibility index (Phi) is 3.59. The molecule has 0 aliphatic heterocycles. The average Bonchev–Trinajstić information content (AvgIpc) is 2.69. The molecule has 2 heterocycles. The van der Waals surface area contributed by atoms with Gasteiger partial charge in [0.15, 0.2) is 4.77 Å². The van der Waals surface area contributed by atoms with Crippen LogP contribution >= 0.6 is 34.8 Å². The third-order valence-corrected chi connectivity index (χ3v) is 4.44. The van der Waals surface area contributed by atoms with E-state index in [1.54, 1.807) is 12.3 Å². The summed E-state index contributed by atoms with van der Waals surface area (Å²) in [5.74, 6) is -0.233. The van der Waals surface area contributed by atoms with Crippen molar-refractivity contribution in [3.8, 4) is 0 Å². The lowest BCUT2D eigenvalue weighted by molar-refractivity contribution is 0.621. The summed E-state index contributed by atoms with van der Waals surface area (Å²) in [7, 11) is 0. The van der Waals surface area contributed by atoms with Crippen molar-refractivity contribution in [3.63, 3.8) is 0 Å². The SMILES string of the molecule is Cc1ccncc1Cn1c(=S)[nH]c2cc(I)c(F)cc21. The quantitative estimate of drug-likeness (QED) is 0.518. The molecular formula is C14H11FIN3S. The van der Waals surface area contributed by atoms with Gasteiger partial charge in [-0.3, -0.25) is 4.98 Å². The summed E-state index contributed by atoms with van der Waals surface area (Å²) in [4.78, 5) is 7.26. The summed E-state index contributed by atoms with van der Waals surface area (Å²) < 4.78 is 16.8. The van der Waals surface area contributed by atoms with Crippen LogP contribution in [0, 0.1) is 21.1 Å². The van der Waals surface area contributed by atoms with E-state index in [1.165, 1.54) is 6.07 Å². The van der Waals surface area contributed by atoms with E-state index in [2.05, 4.69) is 9.97 Å². The van der Waals surface area contributed by atoms with Gasteiger partial charge in [-0.25, -0.2) is 4.39 Å². The predicted octanol–water partition coefficient (Wildman–Crippen LogP) is 4.19. The van der Waals surface area contributed by atoms with Crippen molar-refractivity contribution >= 4 is 45.8 Å². The highest BCUT2D eigenvalue weighted by Crippen LogP contribution is 2.22. The minimum Gasteiger partial charge on any atom is -0.331 e. The fourth-order valence-corrected chi connectivity index (χ4v) is 2.88. The molecule has 0 fully saturated rings. The number of pyridine rings is 1. The minimum absolute atomic E-state index is 0.233. The lowest BCUT2D eigenvalue weighted by Crippen LogP contribution is -2.02. The van der Waals surface area contributed by atoms with Crippen molar-refractivity contribution in [1.82, 2.24) is 14.5 Å². The lowest BCUT2D eigenvalue weighted by atomic mass is 10.1. The van der Waals surface area contributed by atoms with E-state index in [1.807, 2.05) is 46.3 Å². The predicted molar refractivity (Wildman–Crippen MR) is 87.9 cm³/mol. The Bertz CT molecular complexity index is 853. The molecule has 0 radical (unpaired) electrons. The van der Waals surface area contributed by atoms with Crippen LogP contribution < -0.4 is 0 Å². The summed E-state index contributed by atoms with van der Waals surface area (Å²) in [6, 6.07) is 5.25. The molecule has 0 aliphatic carbocycles. The first-order valence-corrected chi connectivity index (χ1v) is 7.52. The van der Waals surface area contributed by atoms with Gasteiger partial charge in [0.1, 0.15) is 5.82 Å². The molecule has 0 atom stereocenters. The van der Waals surface area contributed by atoms with Gasteiger partial charge in [0, 0.05) is 18.5 Å². The highest BCUT2D eigenvalue weighted by molar-refractivity contribution is 14.1. The molecule has 0 aliphatic rings. The number of hydrogen-bond donors (Lipinski definition) is 1. The van der Waals surface area contributed by atoms with E-state index in [-0.39, 0.29) is 5.82 Å². The van der Waals surface area contributed by atoms with Crippen LogP contribution in [0.2, 0.25) is 0 Å². The van der Waals surface area contributed by atoms with Crippen molar-refractivity contribution in [3.05, 3.63) is 55.9 Å². The van der Waals surface area contributed by atoms with E-state index in [4.69, 9.17) is 12.2 Å². The largest absolute Gasteiger partial charge is 0.331 e. The monoisotopic (exact) mass is 399 g/mol. The molecule has 3 aromatic rings. The molecule has 1 aromatic carbocycles. The number of fused-ring (bicyclic) bond motifs is 1. The maximum Gasteiger partial charge on any atom is 0.178 e. The molecule has 0 amide bonds. The van der Waals surface area contributed by atoms with Gasteiger partial charge in [0.05, 0.1) is 21.1 Å². The number of hydrogen-bond acceptors (Lipinski definition) is 2. The molecule has 1 N–H and O–H groups in total. The first-order chi connectivity index (χ1) is 9.56. The van der Waals surface area contributed by atoms with Gasteiger partial charge in [-0.05, 0) is 65.0 Å². The molecule has 0 saturated carbocycles. The van der Waals surface area contributed by atoms with Gasteiger partial charge >= 0.3 is 0 Å². The Labute approximate surface area is 134 Å². The van der Waals surface area contributed by atoms with Gasteiger partial charge in [-0.2, -0.15) is 0 Å². The zero-order valence-electron chi connectivity index (χ0n) is 10.7. The second-order valence-electron chi connectivity index (χ2n) is 4.60. The highest BCUT2D eigenvalue weighted by atomic mass is 127. The standard InChI is InChI=1S/C14H11FIN3S/c1-8-2-3-17-6-9(8)7-19-13-4-10(15)11(16)5-12(13)18-14(19)20/h2-6H,7H2,1H3,(H,18,20). The number of nitrogens with zero attached hydrogens (tertiary/aromatic N) is 2. The molecule has 102 valence electrons. The van der Waals surface area contributed by atoms with Crippen LogP contribution in [0.25, 0.3) is 11.0 Å². The number of benzene rings is 1. The number of imidazole rings is 1.